The van der Waals surface area contributed by atoms with Gasteiger partial charge in [0.25, 0.3) is 0 Å². The van der Waals surface area contributed by atoms with Crippen molar-refractivity contribution in [3.8, 4) is 11.1 Å². The third-order valence-electron chi connectivity index (χ3n) is 4.91. The van der Waals surface area contributed by atoms with Crippen LogP contribution in [0.25, 0.3) is 21.9 Å². The van der Waals surface area contributed by atoms with Gasteiger partial charge < -0.3 is 0 Å². The Balaban J connectivity index is 0.000000878. The van der Waals surface area contributed by atoms with E-state index < -0.39 is 20.8 Å². The van der Waals surface area contributed by atoms with Gasteiger partial charge in [-0.3, -0.25) is 0 Å². The van der Waals surface area contributed by atoms with Crippen molar-refractivity contribution in [1.29, 1.82) is 0 Å². The Kier molecular flexibility index (Phi) is 8.51. The van der Waals surface area contributed by atoms with Crippen LogP contribution < -0.4 is 0 Å². The standard InChI is InChI=1S/C25H31.2ClH.Zr/c1-16(2)10-19-14-20-8-9-23(25(5,6)7)24(22(20)15-19)21-12-17(3)11-18(4)13-21;;;/h8-9,11-16H,10H2,1-7H3;2*1H;/q-1;;;+2/p-2. The average molecular weight is 494 g/mol. The van der Waals surface area contributed by atoms with Crippen molar-refractivity contribution < 1.29 is 20.8 Å². The molecule has 0 saturated carbocycles. The predicted molar refractivity (Wildman–Crippen MR) is 123 cm³/mol. The first kappa shape index (κ1) is 23.8. The monoisotopic (exact) mass is 491 g/mol. The summed E-state index contributed by atoms with van der Waals surface area (Å²) in [6, 6.07) is 16.4. The number of hydrogen-bond donors (Lipinski definition) is 0. The van der Waals surface area contributed by atoms with Gasteiger partial charge in [-0.15, -0.1) is 34.5 Å². The Hall–Kier alpha value is -0.487. The van der Waals surface area contributed by atoms with Gasteiger partial charge >= 0.3 is 37.9 Å². The van der Waals surface area contributed by atoms with E-state index in [0.717, 1.165) is 6.42 Å². The van der Waals surface area contributed by atoms with E-state index in [1.165, 1.54) is 44.2 Å². The molecule has 0 atom stereocenters. The van der Waals surface area contributed by atoms with Crippen LogP contribution in [0.1, 0.15) is 56.9 Å². The van der Waals surface area contributed by atoms with Crippen LogP contribution in [0.15, 0.2) is 42.5 Å². The number of benzene rings is 2. The molecule has 3 aromatic rings. The molecule has 0 amide bonds. The molecular formula is C25H31Cl2Zr-. The van der Waals surface area contributed by atoms with Gasteiger partial charge in [-0.1, -0.05) is 75.1 Å². The van der Waals surface area contributed by atoms with Gasteiger partial charge in [0.2, 0.25) is 0 Å². The molecule has 0 aliphatic carbocycles. The quantitative estimate of drug-likeness (QED) is 0.320. The second-order valence-electron chi connectivity index (χ2n) is 9.15. The predicted octanol–water partition coefficient (Wildman–Crippen LogP) is 8.72. The summed E-state index contributed by atoms with van der Waals surface area (Å²) in [5.41, 5.74) is 8.47. The molecule has 150 valence electrons. The Morgan fingerprint density at radius 2 is 1.54 bits per heavy atom. The van der Waals surface area contributed by atoms with Gasteiger partial charge in [0, 0.05) is 0 Å². The molecule has 3 rings (SSSR count). The number of aryl methyl sites for hydroxylation is 2. The van der Waals surface area contributed by atoms with E-state index in [9.17, 15) is 0 Å². The zero-order valence-corrected chi connectivity index (χ0v) is 22.1. The van der Waals surface area contributed by atoms with Gasteiger partial charge in [-0.2, -0.15) is 6.07 Å². The van der Waals surface area contributed by atoms with Crippen LogP contribution in [0.4, 0.5) is 0 Å². The Bertz CT molecular complexity index is 909. The number of rotatable bonds is 3. The average Bonchev–Trinajstić information content (AvgIpc) is 2.94. The van der Waals surface area contributed by atoms with Crippen LogP contribution >= 0.6 is 17.0 Å². The fraction of sp³-hybridized carbons (Fsp3) is 0.400. The molecule has 0 N–H and O–H groups in total. The molecule has 28 heavy (non-hydrogen) atoms. The summed E-state index contributed by atoms with van der Waals surface area (Å²) in [5, 5.41) is 2.78. The first-order chi connectivity index (χ1) is 13.1. The summed E-state index contributed by atoms with van der Waals surface area (Å²) >= 11 is -0.826. The van der Waals surface area contributed by atoms with Crippen molar-refractivity contribution in [2.45, 2.75) is 60.3 Å². The van der Waals surface area contributed by atoms with E-state index in [-0.39, 0.29) is 5.41 Å². The molecule has 0 aromatic heterocycles. The van der Waals surface area contributed by atoms with Crippen molar-refractivity contribution >= 4 is 27.8 Å². The van der Waals surface area contributed by atoms with Crippen molar-refractivity contribution in [1.82, 2.24) is 0 Å². The molecule has 3 heteroatoms. The van der Waals surface area contributed by atoms with E-state index in [1.54, 1.807) is 0 Å². The second-order valence-corrected chi connectivity index (χ2v) is 12.9. The van der Waals surface area contributed by atoms with E-state index >= 15 is 0 Å². The molecule has 0 aliphatic heterocycles. The minimum absolute atomic E-state index is 0.122. The molecule has 0 aliphatic rings. The Morgan fingerprint density at radius 3 is 2.04 bits per heavy atom. The van der Waals surface area contributed by atoms with Gasteiger partial charge in [0.05, 0.1) is 0 Å². The molecule has 0 bridgehead atoms. The molecule has 0 nitrogen and oxygen atoms in total. The van der Waals surface area contributed by atoms with Crippen LogP contribution in [0, 0.1) is 19.8 Å². The van der Waals surface area contributed by atoms with Crippen molar-refractivity contribution in [3.05, 3.63) is 64.7 Å². The molecule has 0 spiro atoms. The minimum atomic E-state index is -0.826. The fourth-order valence-corrected chi connectivity index (χ4v) is 3.99. The summed E-state index contributed by atoms with van der Waals surface area (Å²) in [6.45, 7) is 15.9. The summed E-state index contributed by atoms with van der Waals surface area (Å²) in [5.74, 6) is 0.684. The maximum absolute atomic E-state index is 4.93. The van der Waals surface area contributed by atoms with Gasteiger partial charge in [-0.25, -0.2) is 0 Å². The Labute approximate surface area is 189 Å². The third kappa shape index (κ3) is 6.01. The molecule has 0 heterocycles. The SMILES string of the molecule is Cc1cc(C)cc(-c2c(C(C)(C)C)ccc3[cH-]c(CC(C)C)cc23)c1.[Cl][Zr][Cl]. The summed E-state index contributed by atoms with van der Waals surface area (Å²) < 4.78 is 0. The first-order valence-electron chi connectivity index (χ1n) is 9.84. The third-order valence-corrected chi connectivity index (χ3v) is 4.91. The molecular weight excluding hydrogens is 462 g/mol. The first-order valence-corrected chi connectivity index (χ1v) is 16.2. The molecule has 3 aromatic carbocycles. The number of halogens is 2. The Morgan fingerprint density at radius 1 is 0.964 bits per heavy atom. The summed E-state index contributed by atoms with van der Waals surface area (Å²) in [4.78, 5) is 0. The zero-order chi connectivity index (χ0) is 21.1. The van der Waals surface area contributed by atoms with E-state index in [2.05, 4.69) is 90.9 Å². The molecule has 0 fully saturated rings. The summed E-state index contributed by atoms with van der Waals surface area (Å²) in [6.07, 6.45) is 1.14. The van der Waals surface area contributed by atoms with Gasteiger partial charge in [0.1, 0.15) is 0 Å². The summed E-state index contributed by atoms with van der Waals surface area (Å²) in [7, 11) is 9.87. The number of fused-ring (bicyclic) bond motifs is 1. The van der Waals surface area contributed by atoms with E-state index in [4.69, 9.17) is 17.0 Å². The zero-order valence-electron chi connectivity index (χ0n) is 18.1. The maximum atomic E-state index is 4.93. The van der Waals surface area contributed by atoms with Crippen molar-refractivity contribution in [3.63, 3.8) is 0 Å². The fourth-order valence-electron chi connectivity index (χ4n) is 3.99. The van der Waals surface area contributed by atoms with Crippen LogP contribution in [0.5, 0.6) is 0 Å². The van der Waals surface area contributed by atoms with Crippen molar-refractivity contribution in [2.75, 3.05) is 0 Å². The van der Waals surface area contributed by atoms with Crippen LogP contribution in [0.2, 0.25) is 0 Å². The molecule has 0 saturated heterocycles. The molecule has 0 radical (unpaired) electrons. The van der Waals surface area contributed by atoms with Gasteiger partial charge in [0.15, 0.2) is 0 Å². The van der Waals surface area contributed by atoms with Gasteiger partial charge in [-0.05, 0) is 37.2 Å². The van der Waals surface area contributed by atoms with Crippen LogP contribution in [-0.2, 0) is 32.7 Å². The van der Waals surface area contributed by atoms with Crippen molar-refractivity contribution in [2.24, 2.45) is 5.92 Å². The normalized spacial score (nSPS) is 11.5. The number of hydrogen-bond acceptors (Lipinski definition) is 0. The van der Waals surface area contributed by atoms with Crippen LogP contribution in [-0.4, -0.2) is 0 Å². The van der Waals surface area contributed by atoms with E-state index in [1.807, 2.05) is 0 Å². The van der Waals surface area contributed by atoms with Crippen LogP contribution in [0.3, 0.4) is 0 Å². The topological polar surface area (TPSA) is 0 Å². The van der Waals surface area contributed by atoms with E-state index in [0.29, 0.717) is 5.92 Å². The molecule has 0 unspecified atom stereocenters. The second kappa shape index (κ2) is 10.0.